The fourth-order valence-corrected chi connectivity index (χ4v) is 1.48. The predicted octanol–water partition coefficient (Wildman–Crippen LogP) is 1.47. The highest BCUT2D eigenvalue weighted by molar-refractivity contribution is 5.40. The second kappa shape index (κ2) is 3.36. The summed E-state index contributed by atoms with van der Waals surface area (Å²) in [6, 6.07) is 4.86. The van der Waals surface area contributed by atoms with E-state index in [1.165, 1.54) is 6.07 Å². The van der Waals surface area contributed by atoms with E-state index in [1.807, 2.05) is 7.05 Å². The van der Waals surface area contributed by atoms with Crippen molar-refractivity contribution < 1.29 is 9.76 Å². The maximum atomic E-state index is 10.5. The topological polar surface area (TPSA) is 55.6 Å². The molecular formula is C9H10N2O3. The summed E-state index contributed by atoms with van der Waals surface area (Å²) in [5.41, 5.74) is 2.13. The van der Waals surface area contributed by atoms with Crippen LogP contribution in [0.3, 0.4) is 0 Å². The minimum atomic E-state index is -0.379. The Morgan fingerprint density at radius 3 is 3.00 bits per heavy atom. The number of hydroxylamine groups is 2. The first-order valence-electron chi connectivity index (χ1n) is 4.27. The van der Waals surface area contributed by atoms with Crippen LogP contribution in [0.1, 0.15) is 11.1 Å². The van der Waals surface area contributed by atoms with Gasteiger partial charge in [0.1, 0.15) is 0 Å². The van der Waals surface area contributed by atoms with E-state index in [2.05, 4.69) is 0 Å². The first kappa shape index (κ1) is 9.11. The highest BCUT2D eigenvalue weighted by Gasteiger charge is 2.16. The Balaban J connectivity index is 2.37. The average molecular weight is 194 g/mol. The lowest BCUT2D eigenvalue weighted by molar-refractivity contribution is -0.385. The zero-order valence-electron chi connectivity index (χ0n) is 7.77. The minimum Gasteiger partial charge on any atom is -0.294 e. The zero-order valence-corrected chi connectivity index (χ0v) is 7.77. The lowest BCUT2D eigenvalue weighted by Crippen LogP contribution is -2.24. The second-order valence-electron chi connectivity index (χ2n) is 3.27. The van der Waals surface area contributed by atoms with E-state index in [0.29, 0.717) is 13.2 Å². The molecule has 0 spiro atoms. The number of nitro benzene ring substituents is 1. The molecule has 0 amide bonds. The van der Waals surface area contributed by atoms with Gasteiger partial charge >= 0.3 is 0 Å². The van der Waals surface area contributed by atoms with Gasteiger partial charge in [0.25, 0.3) is 5.69 Å². The van der Waals surface area contributed by atoms with Crippen LogP contribution in [-0.4, -0.2) is 17.0 Å². The Hall–Kier alpha value is -1.46. The van der Waals surface area contributed by atoms with Crippen molar-refractivity contribution in [3.8, 4) is 0 Å². The van der Waals surface area contributed by atoms with Crippen molar-refractivity contribution in [2.24, 2.45) is 0 Å². The molecule has 1 heterocycles. The summed E-state index contributed by atoms with van der Waals surface area (Å²) >= 11 is 0. The Bertz CT molecular complexity index is 378. The summed E-state index contributed by atoms with van der Waals surface area (Å²) in [6.07, 6.45) is 0. The molecule has 0 saturated heterocycles. The number of fused-ring (bicyclic) bond motifs is 1. The van der Waals surface area contributed by atoms with Crippen LogP contribution in [0.2, 0.25) is 0 Å². The Kier molecular flexibility index (Phi) is 2.18. The smallest absolute Gasteiger partial charge is 0.269 e. The largest absolute Gasteiger partial charge is 0.294 e. The average Bonchev–Trinajstić information content (AvgIpc) is 2.16. The molecule has 1 aliphatic heterocycles. The van der Waals surface area contributed by atoms with E-state index in [1.54, 1.807) is 17.2 Å². The van der Waals surface area contributed by atoms with Crippen LogP contribution in [-0.2, 0) is 18.0 Å². The molecule has 0 unspecified atom stereocenters. The number of hydrogen-bond acceptors (Lipinski definition) is 4. The molecule has 1 aromatic carbocycles. The first-order valence-corrected chi connectivity index (χ1v) is 4.27. The van der Waals surface area contributed by atoms with Crippen LogP contribution in [0.4, 0.5) is 5.69 Å². The zero-order chi connectivity index (χ0) is 10.1. The van der Waals surface area contributed by atoms with Crippen molar-refractivity contribution in [3.63, 3.8) is 0 Å². The van der Waals surface area contributed by atoms with Gasteiger partial charge in [-0.15, -0.1) is 0 Å². The quantitative estimate of drug-likeness (QED) is 0.501. The van der Waals surface area contributed by atoms with Gasteiger partial charge in [0, 0.05) is 25.7 Å². The van der Waals surface area contributed by atoms with Gasteiger partial charge in [-0.3, -0.25) is 15.0 Å². The molecule has 14 heavy (non-hydrogen) atoms. The third-order valence-corrected chi connectivity index (χ3v) is 2.23. The number of nitrogens with zero attached hydrogens (tertiary/aromatic N) is 2. The minimum absolute atomic E-state index is 0.138. The molecule has 1 aliphatic rings. The number of rotatable bonds is 1. The lowest BCUT2D eigenvalue weighted by atomic mass is 10.1. The van der Waals surface area contributed by atoms with Crippen LogP contribution in [0, 0.1) is 10.1 Å². The van der Waals surface area contributed by atoms with Crippen LogP contribution in [0.15, 0.2) is 18.2 Å². The van der Waals surface area contributed by atoms with Crippen molar-refractivity contribution in [3.05, 3.63) is 39.4 Å². The summed E-state index contributed by atoms with van der Waals surface area (Å²) in [5, 5.41) is 12.2. The summed E-state index contributed by atoms with van der Waals surface area (Å²) in [4.78, 5) is 15.4. The van der Waals surface area contributed by atoms with Gasteiger partial charge in [-0.05, 0) is 17.2 Å². The van der Waals surface area contributed by atoms with Gasteiger partial charge in [0.2, 0.25) is 0 Å². The van der Waals surface area contributed by atoms with E-state index in [0.717, 1.165) is 11.1 Å². The van der Waals surface area contributed by atoms with E-state index in [4.69, 9.17) is 4.84 Å². The van der Waals surface area contributed by atoms with Crippen LogP contribution in [0.5, 0.6) is 0 Å². The fraction of sp³-hybridized carbons (Fsp3) is 0.333. The molecule has 2 rings (SSSR count). The molecule has 0 aromatic heterocycles. The summed E-state index contributed by atoms with van der Waals surface area (Å²) in [6.45, 7) is 1.08. The molecule has 0 bridgehead atoms. The molecule has 0 atom stereocenters. The Morgan fingerprint density at radius 1 is 1.50 bits per heavy atom. The normalized spacial score (nSPS) is 16.4. The third-order valence-electron chi connectivity index (χ3n) is 2.23. The molecule has 74 valence electrons. The Morgan fingerprint density at radius 2 is 2.29 bits per heavy atom. The molecule has 0 radical (unpaired) electrons. The summed E-state index contributed by atoms with van der Waals surface area (Å²) < 4.78 is 0. The molecule has 0 N–H and O–H groups in total. The van der Waals surface area contributed by atoms with E-state index in [-0.39, 0.29) is 10.6 Å². The predicted molar refractivity (Wildman–Crippen MR) is 49.4 cm³/mol. The van der Waals surface area contributed by atoms with Crippen LogP contribution < -0.4 is 0 Å². The first-order chi connectivity index (χ1) is 6.66. The van der Waals surface area contributed by atoms with Crippen molar-refractivity contribution in [2.75, 3.05) is 7.05 Å². The SMILES string of the molecule is CN1Cc2cc([N+](=O)[O-])ccc2CO1. The van der Waals surface area contributed by atoms with E-state index in [9.17, 15) is 10.1 Å². The van der Waals surface area contributed by atoms with Gasteiger partial charge in [-0.2, -0.15) is 5.06 Å². The van der Waals surface area contributed by atoms with Gasteiger partial charge in [-0.25, -0.2) is 0 Å². The number of non-ortho nitro benzene ring substituents is 1. The van der Waals surface area contributed by atoms with Gasteiger partial charge in [0.05, 0.1) is 11.5 Å². The summed E-state index contributed by atoms with van der Waals surface area (Å²) in [5.74, 6) is 0. The van der Waals surface area contributed by atoms with Crippen molar-refractivity contribution in [1.29, 1.82) is 0 Å². The number of hydrogen-bond donors (Lipinski definition) is 0. The lowest BCUT2D eigenvalue weighted by Gasteiger charge is -2.24. The molecule has 0 fully saturated rings. The van der Waals surface area contributed by atoms with Crippen LogP contribution >= 0.6 is 0 Å². The van der Waals surface area contributed by atoms with Gasteiger partial charge in [0.15, 0.2) is 0 Å². The van der Waals surface area contributed by atoms with Crippen molar-refractivity contribution in [2.45, 2.75) is 13.2 Å². The fourth-order valence-electron chi connectivity index (χ4n) is 1.48. The Labute approximate surface area is 81.0 Å². The maximum Gasteiger partial charge on any atom is 0.269 e. The highest BCUT2D eigenvalue weighted by Crippen LogP contribution is 2.23. The molecule has 1 aromatic rings. The molecule has 0 saturated carbocycles. The molecule has 5 nitrogen and oxygen atoms in total. The van der Waals surface area contributed by atoms with E-state index < -0.39 is 0 Å². The van der Waals surface area contributed by atoms with Gasteiger partial charge in [-0.1, -0.05) is 0 Å². The summed E-state index contributed by atoms with van der Waals surface area (Å²) in [7, 11) is 1.81. The number of benzene rings is 1. The molecule has 0 aliphatic carbocycles. The third kappa shape index (κ3) is 1.59. The van der Waals surface area contributed by atoms with Crippen molar-refractivity contribution in [1.82, 2.24) is 5.06 Å². The second-order valence-corrected chi connectivity index (χ2v) is 3.27. The molecular weight excluding hydrogens is 184 g/mol. The standard InChI is InChI=1S/C9H10N2O3/c1-10-5-8-4-9(11(12)13)3-2-7(8)6-14-10/h2-4H,5-6H2,1H3. The number of nitro groups is 1. The van der Waals surface area contributed by atoms with Crippen LogP contribution in [0.25, 0.3) is 0 Å². The van der Waals surface area contributed by atoms with Gasteiger partial charge < -0.3 is 0 Å². The maximum absolute atomic E-state index is 10.5. The van der Waals surface area contributed by atoms with E-state index >= 15 is 0 Å². The highest BCUT2D eigenvalue weighted by atomic mass is 16.7. The van der Waals surface area contributed by atoms with Crippen molar-refractivity contribution >= 4 is 5.69 Å². The monoisotopic (exact) mass is 194 g/mol. The molecule has 5 heteroatoms.